The van der Waals surface area contributed by atoms with Crippen LogP contribution in [0.5, 0.6) is 0 Å². The fourth-order valence-corrected chi connectivity index (χ4v) is 1.69. The van der Waals surface area contributed by atoms with E-state index in [1.807, 2.05) is 18.5 Å². The lowest BCUT2D eigenvalue weighted by molar-refractivity contribution is 0.837. The summed E-state index contributed by atoms with van der Waals surface area (Å²) in [4.78, 5) is 4.15. The molecular weight excluding hydrogens is 172 g/mol. The van der Waals surface area contributed by atoms with Crippen LogP contribution in [0.25, 0.3) is 10.8 Å². The highest BCUT2D eigenvalue weighted by Crippen LogP contribution is 2.18. The minimum Gasteiger partial charge on any atom is -0.330 e. The zero-order valence-electron chi connectivity index (χ0n) is 8.11. The Labute approximate surface area is 83.8 Å². The number of nitrogens with two attached hydrogens (primary N) is 1. The molecule has 2 aromatic rings. The number of fused-ring (bicyclic) bond motifs is 1. The lowest BCUT2D eigenvalue weighted by Gasteiger charge is -2.04. The summed E-state index contributed by atoms with van der Waals surface area (Å²) in [6.45, 7) is 0.747. The molecule has 0 bridgehead atoms. The number of rotatable bonds is 3. The summed E-state index contributed by atoms with van der Waals surface area (Å²) in [6.07, 6.45) is 5.84. The summed E-state index contributed by atoms with van der Waals surface area (Å²) in [5, 5.41) is 2.51. The molecule has 0 amide bonds. The van der Waals surface area contributed by atoms with Crippen LogP contribution in [0.1, 0.15) is 12.0 Å². The molecule has 0 aliphatic heterocycles. The highest BCUT2D eigenvalue weighted by molar-refractivity contribution is 5.84. The highest BCUT2D eigenvalue weighted by Gasteiger charge is 1.99. The van der Waals surface area contributed by atoms with E-state index >= 15 is 0 Å². The van der Waals surface area contributed by atoms with Gasteiger partial charge in [0.05, 0.1) is 0 Å². The quantitative estimate of drug-likeness (QED) is 0.797. The van der Waals surface area contributed by atoms with Crippen molar-refractivity contribution in [3.8, 4) is 0 Å². The topological polar surface area (TPSA) is 38.9 Å². The van der Waals surface area contributed by atoms with Crippen molar-refractivity contribution in [2.24, 2.45) is 5.73 Å². The average Bonchev–Trinajstić information content (AvgIpc) is 2.26. The van der Waals surface area contributed by atoms with Crippen LogP contribution in [0, 0.1) is 0 Å². The van der Waals surface area contributed by atoms with E-state index in [1.54, 1.807) is 0 Å². The molecule has 0 radical (unpaired) electrons. The van der Waals surface area contributed by atoms with Crippen LogP contribution in [0.2, 0.25) is 0 Å². The number of nitrogens with zero attached hydrogens (tertiary/aromatic N) is 1. The molecule has 2 heteroatoms. The molecule has 1 aromatic carbocycles. The molecule has 0 atom stereocenters. The normalized spacial score (nSPS) is 10.6. The second-order valence-electron chi connectivity index (χ2n) is 3.41. The third kappa shape index (κ3) is 1.75. The Morgan fingerprint density at radius 1 is 1.21 bits per heavy atom. The molecular formula is C12H14N2. The van der Waals surface area contributed by atoms with Gasteiger partial charge < -0.3 is 5.73 Å². The van der Waals surface area contributed by atoms with Crippen LogP contribution < -0.4 is 5.73 Å². The maximum absolute atomic E-state index is 5.50. The fourth-order valence-electron chi connectivity index (χ4n) is 1.69. The number of hydrogen-bond acceptors (Lipinski definition) is 2. The lowest BCUT2D eigenvalue weighted by Crippen LogP contribution is -2.00. The minimum atomic E-state index is 0.747. The molecule has 0 fully saturated rings. The summed E-state index contributed by atoms with van der Waals surface area (Å²) >= 11 is 0. The largest absolute Gasteiger partial charge is 0.330 e. The van der Waals surface area contributed by atoms with Crippen molar-refractivity contribution in [2.75, 3.05) is 6.54 Å². The second-order valence-corrected chi connectivity index (χ2v) is 3.41. The van der Waals surface area contributed by atoms with Gasteiger partial charge in [-0.15, -0.1) is 0 Å². The van der Waals surface area contributed by atoms with Crippen LogP contribution in [0.3, 0.4) is 0 Å². The summed E-state index contributed by atoms with van der Waals surface area (Å²) in [7, 11) is 0. The number of benzene rings is 1. The van der Waals surface area contributed by atoms with Crippen molar-refractivity contribution >= 4 is 10.8 Å². The van der Waals surface area contributed by atoms with Crippen LogP contribution in [-0.4, -0.2) is 11.5 Å². The van der Waals surface area contributed by atoms with E-state index < -0.39 is 0 Å². The van der Waals surface area contributed by atoms with Gasteiger partial charge in [0.1, 0.15) is 0 Å². The first kappa shape index (κ1) is 9.16. The monoisotopic (exact) mass is 186 g/mol. The second kappa shape index (κ2) is 4.20. The van der Waals surface area contributed by atoms with Gasteiger partial charge in [-0.25, -0.2) is 0 Å². The first-order valence-electron chi connectivity index (χ1n) is 4.93. The van der Waals surface area contributed by atoms with Crippen molar-refractivity contribution < 1.29 is 0 Å². The van der Waals surface area contributed by atoms with E-state index in [4.69, 9.17) is 5.73 Å². The van der Waals surface area contributed by atoms with Gasteiger partial charge in [0.2, 0.25) is 0 Å². The lowest BCUT2D eigenvalue weighted by atomic mass is 10.0. The maximum Gasteiger partial charge on any atom is 0.0349 e. The molecule has 2 N–H and O–H groups in total. The molecule has 72 valence electrons. The standard InChI is InChI=1S/C12H14N2/c13-7-2-5-10-3-1-4-11-6-8-14-9-12(10)11/h1,3-4,6,8-9H,2,5,7,13H2. The molecule has 2 nitrogen and oxygen atoms in total. The Balaban J connectivity index is 2.43. The molecule has 0 saturated carbocycles. The molecule has 0 spiro atoms. The summed E-state index contributed by atoms with van der Waals surface area (Å²) in [6, 6.07) is 8.40. The summed E-state index contributed by atoms with van der Waals surface area (Å²) < 4.78 is 0. The number of aryl methyl sites for hydroxylation is 1. The Morgan fingerprint density at radius 3 is 3.00 bits per heavy atom. The molecule has 14 heavy (non-hydrogen) atoms. The van der Waals surface area contributed by atoms with Crippen LogP contribution in [0.15, 0.2) is 36.7 Å². The fraction of sp³-hybridized carbons (Fsp3) is 0.250. The minimum absolute atomic E-state index is 0.747. The zero-order chi connectivity index (χ0) is 9.80. The predicted octanol–water partition coefficient (Wildman–Crippen LogP) is 2.13. The van der Waals surface area contributed by atoms with Gasteiger partial charge in [0.25, 0.3) is 0 Å². The van der Waals surface area contributed by atoms with Crippen LogP contribution in [0.4, 0.5) is 0 Å². The van der Waals surface area contributed by atoms with Gasteiger partial charge in [0, 0.05) is 17.8 Å². The Kier molecular flexibility index (Phi) is 2.75. The van der Waals surface area contributed by atoms with E-state index in [0.717, 1.165) is 19.4 Å². The smallest absolute Gasteiger partial charge is 0.0349 e. The molecule has 0 unspecified atom stereocenters. The maximum atomic E-state index is 5.50. The van der Waals surface area contributed by atoms with Crippen LogP contribution in [-0.2, 0) is 6.42 Å². The van der Waals surface area contributed by atoms with Gasteiger partial charge in [-0.3, -0.25) is 4.98 Å². The number of hydrogen-bond donors (Lipinski definition) is 1. The SMILES string of the molecule is NCCCc1cccc2ccncc12. The van der Waals surface area contributed by atoms with E-state index in [0.29, 0.717) is 0 Å². The van der Waals surface area contributed by atoms with E-state index in [9.17, 15) is 0 Å². The van der Waals surface area contributed by atoms with Gasteiger partial charge in [-0.1, -0.05) is 18.2 Å². The highest BCUT2D eigenvalue weighted by atomic mass is 14.6. The summed E-state index contributed by atoms with van der Waals surface area (Å²) in [5.74, 6) is 0. The van der Waals surface area contributed by atoms with Crippen molar-refractivity contribution in [3.63, 3.8) is 0 Å². The van der Waals surface area contributed by atoms with Gasteiger partial charge in [-0.2, -0.15) is 0 Å². The third-order valence-electron chi connectivity index (χ3n) is 2.42. The van der Waals surface area contributed by atoms with Gasteiger partial charge >= 0.3 is 0 Å². The van der Waals surface area contributed by atoms with E-state index in [-0.39, 0.29) is 0 Å². The third-order valence-corrected chi connectivity index (χ3v) is 2.42. The number of pyridine rings is 1. The van der Waals surface area contributed by atoms with Gasteiger partial charge in [0.15, 0.2) is 0 Å². The van der Waals surface area contributed by atoms with Crippen molar-refractivity contribution in [1.82, 2.24) is 4.98 Å². The van der Waals surface area contributed by atoms with Crippen molar-refractivity contribution in [3.05, 3.63) is 42.2 Å². The Hall–Kier alpha value is -1.41. The Bertz CT molecular complexity index is 418. The predicted molar refractivity (Wildman–Crippen MR) is 59.1 cm³/mol. The van der Waals surface area contributed by atoms with Gasteiger partial charge in [-0.05, 0) is 36.4 Å². The Morgan fingerprint density at radius 2 is 2.14 bits per heavy atom. The van der Waals surface area contributed by atoms with E-state index in [1.165, 1.54) is 16.3 Å². The van der Waals surface area contributed by atoms with E-state index in [2.05, 4.69) is 23.2 Å². The molecule has 0 aliphatic rings. The first-order chi connectivity index (χ1) is 6.92. The average molecular weight is 186 g/mol. The molecule has 0 aliphatic carbocycles. The molecule has 1 heterocycles. The zero-order valence-corrected chi connectivity index (χ0v) is 8.11. The molecule has 2 rings (SSSR count). The van der Waals surface area contributed by atoms with Crippen molar-refractivity contribution in [1.29, 1.82) is 0 Å². The number of aromatic nitrogens is 1. The molecule has 1 aromatic heterocycles. The summed E-state index contributed by atoms with van der Waals surface area (Å²) in [5.41, 5.74) is 6.85. The van der Waals surface area contributed by atoms with Crippen LogP contribution >= 0.6 is 0 Å². The first-order valence-corrected chi connectivity index (χ1v) is 4.93. The molecule has 0 saturated heterocycles. The van der Waals surface area contributed by atoms with Crippen molar-refractivity contribution in [2.45, 2.75) is 12.8 Å².